The second kappa shape index (κ2) is 17.2. The predicted octanol–water partition coefficient (Wildman–Crippen LogP) is 4.76. The summed E-state index contributed by atoms with van der Waals surface area (Å²) in [6.07, 6.45) is 16.6. The minimum absolute atomic E-state index is 0.294. The molecule has 2 rings (SSSR count). The first-order valence-corrected chi connectivity index (χ1v) is 13.3. The fraction of sp³-hybridized carbons (Fsp3) is 0.741. The first-order valence-electron chi connectivity index (χ1n) is 13.3. The van der Waals surface area contributed by atoms with Gasteiger partial charge in [0.15, 0.2) is 0 Å². The molecule has 0 aromatic heterocycles. The van der Waals surface area contributed by atoms with Crippen molar-refractivity contribution in [1.29, 1.82) is 0 Å². The van der Waals surface area contributed by atoms with Gasteiger partial charge in [0.1, 0.15) is 5.76 Å². The molecule has 2 aliphatic heterocycles. The Hall–Kier alpha value is -2.31. The number of rotatable bonds is 17. The summed E-state index contributed by atoms with van der Waals surface area (Å²) in [6, 6.07) is 0. The summed E-state index contributed by atoms with van der Waals surface area (Å²) in [7, 11) is 0. The van der Waals surface area contributed by atoms with Crippen molar-refractivity contribution in [1.82, 2.24) is 9.80 Å². The second-order valence-electron chi connectivity index (χ2n) is 9.32. The van der Waals surface area contributed by atoms with Crippen LogP contribution in [0, 0.1) is 0 Å². The van der Waals surface area contributed by atoms with Crippen molar-refractivity contribution in [3.63, 3.8) is 0 Å². The lowest BCUT2D eigenvalue weighted by molar-refractivity contribution is -0.138. The van der Waals surface area contributed by atoms with Gasteiger partial charge in [0.05, 0.1) is 13.2 Å². The third-order valence-electron chi connectivity index (χ3n) is 6.42. The Labute approximate surface area is 205 Å². The molecule has 2 amide bonds. The fourth-order valence-electron chi connectivity index (χ4n) is 4.37. The number of nitrogens with zero attached hydrogens (tertiary/aromatic N) is 2. The summed E-state index contributed by atoms with van der Waals surface area (Å²) in [5.41, 5.74) is 0. The molecule has 2 heterocycles. The van der Waals surface area contributed by atoms with Crippen LogP contribution >= 0.6 is 0 Å². The number of amides is 2. The zero-order chi connectivity index (χ0) is 24.4. The zero-order valence-corrected chi connectivity index (χ0v) is 20.9. The van der Waals surface area contributed by atoms with Crippen LogP contribution in [0.1, 0.15) is 89.9 Å². The van der Waals surface area contributed by atoms with E-state index in [0.29, 0.717) is 43.6 Å². The molecule has 34 heavy (non-hydrogen) atoms. The van der Waals surface area contributed by atoms with Gasteiger partial charge in [0.25, 0.3) is 0 Å². The number of unbranched alkanes of at least 4 members (excludes halogenated alkanes) is 6. The quantitative estimate of drug-likeness (QED) is 0.0994. The van der Waals surface area contributed by atoms with E-state index < -0.39 is 0 Å². The van der Waals surface area contributed by atoms with Crippen molar-refractivity contribution < 1.29 is 23.9 Å². The highest BCUT2D eigenvalue weighted by molar-refractivity contribution is 5.82. The summed E-state index contributed by atoms with van der Waals surface area (Å²) in [6.45, 7) is 8.33. The highest BCUT2D eigenvalue weighted by Gasteiger charge is 2.18. The maximum Gasteiger partial charge on any atom is 0.330 e. The Bertz CT molecular complexity index is 676. The van der Waals surface area contributed by atoms with Gasteiger partial charge in [-0.1, -0.05) is 32.3 Å². The van der Waals surface area contributed by atoms with E-state index in [4.69, 9.17) is 9.47 Å². The van der Waals surface area contributed by atoms with Gasteiger partial charge in [-0.15, -0.1) is 0 Å². The standard InChI is InChI=1S/C27H44N2O5/c1-24(33-22-11-4-2-9-19-29-21-13-15-26(29)31)16-17-27(32)34-23-12-5-3-8-18-28-20-10-6-7-14-25(28)30/h16-17H,1-15,18-23H2/b17-16-. The minimum atomic E-state index is -0.378. The van der Waals surface area contributed by atoms with Crippen molar-refractivity contribution in [3.05, 3.63) is 24.5 Å². The molecule has 0 saturated carbocycles. The number of hydrogen-bond acceptors (Lipinski definition) is 5. The normalized spacial score (nSPS) is 16.8. The van der Waals surface area contributed by atoms with Crippen LogP contribution in [0.15, 0.2) is 24.5 Å². The molecule has 0 spiro atoms. The van der Waals surface area contributed by atoms with E-state index in [-0.39, 0.29) is 5.97 Å². The molecule has 0 bridgehead atoms. The van der Waals surface area contributed by atoms with E-state index in [0.717, 1.165) is 103 Å². The number of esters is 1. The van der Waals surface area contributed by atoms with Gasteiger partial charge in [-0.3, -0.25) is 9.59 Å². The molecule has 192 valence electrons. The molecule has 0 atom stereocenters. The number of hydrogen-bond donors (Lipinski definition) is 0. The molecule has 7 nitrogen and oxygen atoms in total. The lowest BCUT2D eigenvalue weighted by Gasteiger charge is -2.20. The zero-order valence-electron chi connectivity index (χ0n) is 20.9. The maximum atomic E-state index is 12.0. The summed E-state index contributed by atoms with van der Waals surface area (Å²) < 4.78 is 10.8. The number of ether oxygens (including phenoxy) is 2. The van der Waals surface area contributed by atoms with Gasteiger partial charge >= 0.3 is 5.97 Å². The summed E-state index contributed by atoms with van der Waals surface area (Å²) in [5, 5.41) is 0. The first kappa shape index (κ1) is 27.9. The predicted molar refractivity (Wildman–Crippen MR) is 133 cm³/mol. The van der Waals surface area contributed by atoms with E-state index in [1.54, 1.807) is 6.08 Å². The number of carbonyl (C=O) groups is 3. The van der Waals surface area contributed by atoms with Crippen LogP contribution < -0.4 is 0 Å². The Morgan fingerprint density at radius 3 is 1.88 bits per heavy atom. The van der Waals surface area contributed by atoms with Gasteiger partial charge in [0.2, 0.25) is 11.8 Å². The molecule has 0 unspecified atom stereocenters. The number of likely N-dealkylation sites (tertiary alicyclic amines) is 2. The van der Waals surface area contributed by atoms with Gasteiger partial charge < -0.3 is 19.3 Å². The van der Waals surface area contributed by atoms with Crippen LogP contribution in [-0.4, -0.2) is 67.0 Å². The monoisotopic (exact) mass is 476 g/mol. The van der Waals surface area contributed by atoms with E-state index in [9.17, 15) is 14.4 Å². The Morgan fingerprint density at radius 2 is 1.26 bits per heavy atom. The third kappa shape index (κ3) is 12.2. The molecular formula is C27H44N2O5. The summed E-state index contributed by atoms with van der Waals surface area (Å²) in [4.78, 5) is 39.3. The summed E-state index contributed by atoms with van der Waals surface area (Å²) >= 11 is 0. The van der Waals surface area contributed by atoms with Crippen LogP contribution in [0.25, 0.3) is 0 Å². The molecule has 2 aliphatic rings. The Morgan fingerprint density at radius 1 is 0.706 bits per heavy atom. The van der Waals surface area contributed by atoms with E-state index in [1.807, 2.05) is 9.80 Å². The van der Waals surface area contributed by atoms with Crippen molar-refractivity contribution >= 4 is 17.8 Å². The lowest BCUT2D eigenvalue weighted by Crippen LogP contribution is -2.31. The van der Waals surface area contributed by atoms with E-state index >= 15 is 0 Å². The molecule has 0 aromatic rings. The van der Waals surface area contributed by atoms with Crippen molar-refractivity contribution in [2.24, 2.45) is 0 Å². The highest BCUT2D eigenvalue weighted by atomic mass is 16.5. The Kier molecular flexibility index (Phi) is 14.1. The lowest BCUT2D eigenvalue weighted by atomic mass is 10.2. The van der Waals surface area contributed by atoms with E-state index in [2.05, 4.69) is 6.58 Å². The maximum absolute atomic E-state index is 12.0. The smallest absolute Gasteiger partial charge is 0.330 e. The molecular weight excluding hydrogens is 432 g/mol. The van der Waals surface area contributed by atoms with Crippen LogP contribution in [0.5, 0.6) is 0 Å². The third-order valence-corrected chi connectivity index (χ3v) is 6.42. The number of carbonyl (C=O) groups excluding carboxylic acids is 3. The first-order chi connectivity index (χ1) is 16.6. The van der Waals surface area contributed by atoms with Crippen LogP contribution in [0.3, 0.4) is 0 Å². The molecule has 7 heteroatoms. The summed E-state index contributed by atoms with van der Waals surface area (Å²) in [5.74, 6) is 0.678. The van der Waals surface area contributed by atoms with Crippen LogP contribution in [-0.2, 0) is 23.9 Å². The van der Waals surface area contributed by atoms with Gasteiger partial charge in [-0.2, -0.15) is 0 Å². The van der Waals surface area contributed by atoms with E-state index in [1.165, 1.54) is 6.08 Å². The number of allylic oxidation sites excluding steroid dienone is 1. The van der Waals surface area contributed by atoms with Crippen molar-refractivity contribution in [3.8, 4) is 0 Å². The molecule has 0 N–H and O–H groups in total. The Balaban J connectivity index is 1.38. The fourth-order valence-corrected chi connectivity index (χ4v) is 4.37. The molecule has 0 radical (unpaired) electrons. The van der Waals surface area contributed by atoms with Crippen LogP contribution in [0.2, 0.25) is 0 Å². The average Bonchev–Trinajstić information content (AvgIpc) is 3.12. The van der Waals surface area contributed by atoms with Gasteiger partial charge in [0, 0.05) is 45.1 Å². The van der Waals surface area contributed by atoms with Crippen molar-refractivity contribution in [2.75, 3.05) is 39.4 Å². The second-order valence-corrected chi connectivity index (χ2v) is 9.32. The topological polar surface area (TPSA) is 76.2 Å². The molecule has 2 saturated heterocycles. The highest BCUT2D eigenvalue weighted by Crippen LogP contribution is 2.13. The molecule has 0 aliphatic carbocycles. The SMILES string of the molecule is C=C(/C=C\C(=O)OCCCCCCN1CCCCCC1=O)OCCCCCCN1CCCC1=O. The van der Waals surface area contributed by atoms with Gasteiger partial charge in [-0.05, 0) is 57.4 Å². The molecule has 2 fully saturated rings. The minimum Gasteiger partial charge on any atom is -0.494 e. The largest absolute Gasteiger partial charge is 0.494 e. The molecule has 0 aromatic carbocycles. The van der Waals surface area contributed by atoms with Crippen LogP contribution in [0.4, 0.5) is 0 Å². The van der Waals surface area contributed by atoms with Crippen molar-refractivity contribution in [2.45, 2.75) is 89.9 Å². The average molecular weight is 477 g/mol. The van der Waals surface area contributed by atoms with Gasteiger partial charge in [-0.25, -0.2) is 4.79 Å².